The Bertz CT molecular complexity index is 1810. The molecule has 41 heavy (non-hydrogen) atoms. The summed E-state index contributed by atoms with van der Waals surface area (Å²) < 4.78 is 23.6. The fourth-order valence-corrected chi connectivity index (χ4v) is 6.01. The van der Waals surface area contributed by atoms with E-state index in [1.54, 1.807) is 48.9 Å². The van der Waals surface area contributed by atoms with Gasteiger partial charge in [0.1, 0.15) is 5.75 Å². The third kappa shape index (κ3) is 5.38. The summed E-state index contributed by atoms with van der Waals surface area (Å²) in [6, 6.07) is 19.3. The molecule has 3 aromatic carbocycles. The lowest BCUT2D eigenvalue weighted by molar-refractivity contribution is -0.138. The molecule has 8 nitrogen and oxygen atoms in total. The fraction of sp³-hybridized carbons (Fsp3) is 0.194. The number of thiazole rings is 1. The highest BCUT2D eigenvalue weighted by Crippen LogP contribution is 2.37. The van der Waals surface area contributed by atoms with Crippen molar-refractivity contribution in [3.05, 3.63) is 114 Å². The summed E-state index contributed by atoms with van der Waals surface area (Å²) in [7, 11) is 4.60. The molecule has 0 bridgehead atoms. The molecule has 2 heterocycles. The number of hydrogen-bond acceptors (Lipinski definition) is 8. The van der Waals surface area contributed by atoms with E-state index in [9.17, 15) is 9.59 Å². The number of benzene rings is 3. The number of rotatable bonds is 8. The van der Waals surface area contributed by atoms with Crippen LogP contribution in [0.3, 0.4) is 0 Å². The van der Waals surface area contributed by atoms with Crippen molar-refractivity contribution >= 4 is 40.7 Å². The van der Waals surface area contributed by atoms with E-state index < -0.39 is 12.0 Å². The summed E-state index contributed by atoms with van der Waals surface area (Å²) in [5.41, 5.74) is 2.50. The van der Waals surface area contributed by atoms with Gasteiger partial charge in [0.2, 0.25) is 0 Å². The first kappa shape index (κ1) is 28.2. The van der Waals surface area contributed by atoms with Crippen LogP contribution in [-0.2, 0) is 9.53 Å². The van der Waals surface area contributed by atoms with Crippen molar-refractivity contribution in [1.82, 2.24) is 4.57 Å². The molecule has 4 aromatic rings. The molecule has 5 rings (SSSR count). The molecule has 210 valence electrons. The minimum Gasteiger partial charge on any atom is -0.497 e. The number of carbonyl (C=O) groups is 1. The van der Waals surface area contributed by atoms with Crippen LogP contribution in [-0.4, -0.2) is 38.5 Å². The van der Waals surface area contributed by atoms with Crippen LogP contribution >= 0.6 is 22.9 Å². The summed E-state index contributed by atoms with van der Waals surface area (Å²) in [6.07, 6.45) is 1.72. The average molecular weight is 591 g/mol. The summed E-state index contributed by atoms with van der Waals surface area (Å²) in [4.78, 5) is 32.9. The highest BCUT2D eigenvalue weighted by atomic mass is 35.5. The molecule has 0 N–H and O–H groups in total. The van der Waals surface area contributed by atoms with E-state index in [0.29, 0.717) is 48.4 Å². The zero-order valence-corrected chi connectivity index (χ0v) is 24.4. The summed E-state index contributed by atoms with van der Waals surface area (Å²) in [5, 5.41) is 0.345. The molecule has 0 aliphatic carbocycles. The second kappa shape index (κ2) is 12.0. The van der Waals surface area contributed by atoms with Crippen LogP contribution in [0, 0.1) is 0 Å². The zero-order valence-electron chi connectivity index (χ0n) is 22.8. The van der Waals surface area contributed by atoms with Crippen LogP contribution in [0.2, 0.25) is 5.02 Å². The van der Waals surface area contributed by atoms with Crippen LogP contribution in [0.15, 0.2) is 82.1 Å². The Morgan fingerprint density at radius 3 is 2.39 bits per heavy atom. The van der Waals surface area contributed by atoms with Gasteiger partial charge in [-0.3, -0.25) is 9.36 Å². The van der Waals surface area contributed by atoms with Gasteiger partial charge in [-0.15, -0.1) is 0 Å². The van der Waals surface area contributed by atoms with E-state index in [2.05, 4.69) is 0 Å². The van der Waals surface area contributed by atoms with Crippen molar-refractivity contribution in [2.24, 2.45) is 4.99 Å². The molecule has 1 aliphatic rings. The van der Waals surface area contributed by atoms with Gasteiger partial charge in [0.15, 0.2) is 16.3 Å². The predicted octanol–water partition coefficient (Wildman–Crippen LogP) is 4.61. The van der Waals surface area contributed by atoms with Crippen molar-refractivity contribution in [3.8, 4) is 17.2 Å². The Morgan fingerprint density at radius 2 is 1.76 bits per heavy atom. The van der Waals surface area contributed by atoms with E-state index in [-0.39, 0.29) is 17.7 Å². The second-order valence-corrected chi connectivity index (χ2v) is 10.4. The molecule has 10 heteroatoms. The summed E-state index contributed by atoms with van der Waals surface area (Å²) in [5.74, 6) is 0.943. The molecule has 0 fully saturated rings. The molecule has 0 radical (unpaired) electrons. The maximum Gasteiger partial charge on any atom is 0.338 e. The van der Waals surface area contributed by atoms with Gasteiger partial charge in [0, 0.05) is 5.56 Å². The summed E-state index contributed by atoms with van der Waals surface area (Å²) in [6.45, 7) is 1.91. The number of aromatic nitrogens is 1. The number of carbonyl (C=O) groups excluding carboxylic acids is 1. The smallest absolute Gasteiger partial charge is 0.338 e. The van der Waals surface area contributed by atoms with Gasteiger partial charge >= 0.3 is 5.97 Å². The number of nitrogens with zero attached hydrogens (tertiary/aromatic N) is 2. The fourth-order valence-electron chi connectivity index (χ4n) is 4.71. The van der Waals surface area contributed by atoms with E-state index in [0.717, 1.165) is 5.56 Å². The quantitative estimate of drug-likeness (QED) is 0.278. The van der Waals surface area contributed by atoms with E-state index in [4.69, 9.17) is 35.5 Å². The van der Waals surface area contributed by atoms with E-state index in [1.165, 1.54) is 25.6 Å². The SMILES string of the molecule is CCOC(=O)C1=C(c2ccccc2)N=c2s/c(=C\c3cc(Cl)c(OC)c(OC)c3)c(=O)n2[C@H]1c1ccc(OC)cc1. The highest BCUT2D eigenvalue weighted by molar-refractivity contribution is 7.07. The van der Waals surface area contributed by atoms with Crippen molar-refractivity contribution in [3.63, 3.8) is 0 Å². The van der Waals surface area contributed by atoms with Crippen LogP contribution in [0.25, 0.3) is 11.8 Å². The predicted molar refractivity (Wildman–Crippen MR) is 159 cm³/mol. The van der Waals surface area contributed by atoms with Crippen LogP contribution in [0.4, 0.5) is 0 Å². The highest BCUT2D eigenvalue weighted by Gasteiger charge is 2.35. The molecule has 0 saturated carbocycles. The van der Waals surface area contributed by atoms with Crippen molar-refractivity contribution in [1.29, 1.82) is 0 Å². The van der Waals surface area contributed by atoms with E-state index >= 15 is 0 Å². The summed E-state index contributed by atoms with van der Waals surface area (Å²) >= 11 is 7.65. The third-order valence-corrected chi connectivity index (χ3v) is 7.82. The first-order valence-corrected chi connectivity index (χ1v) is 13.9. The first-order valence-electron chi connectivity index (χ1n) is 12.7. The lowest BCUT2D eigenvalue weighted by atomic mass is 9.93. The Hall–Kier alpha value is -4.34. The molecule has 1 aliphatic heterocycles. The van der Waals surface area contributed by atoms with Gasteiger partial charge < -0.3 is 18.9 Å². The third-order valence-electron chi connectivity index (χ3n) is 6.56. The molecule has 0 unspecified atom stereocenters. The number of halogens is 1. The van der Waals surface area contributed by atoms with Gasteiger partial charge in [0.25, 0.3) is 5.56 Å². The van der Waals surface area contributed by atoms with Crippen LogP contribution in [0.1, 0.15) is 29.7 Å². The molecule has 0 amide bonds. The molecular formula is C31H27ClN2O6S. The topological polar surface area (TPSA) is 88.4 Å². The molecule has 0 saturated heterocycles. The molecule has 1 aromatic heterocycles. The number of ether oxygens (including phenoxy) is 4. The van der Waals surface area contributed by atoms with Gasteiger partial charge in [-0.2, -0.15) is 0 Å². The lowest BCUT2D eigenvalue weighted by Crippen LogP contribution is -2.40. The number of hydrogen-bond donors (Lipinski definition) is 0. The number of methoxy groups -OCH3 is 3. The minimum absolute atomic E-state index is 0.171. The van der Waals surface area contributed by atoms with Crippen molar-refractivity contribution < 1.29 is 23.7 Å². The largest absolute Gasteiger partial charge is 0.497 e. The maximum atomic E-state index is 14.1. The number of fused-ring (bicyclic) bond motifs is 1. The monoisotopic (exact) mass is 590 g/mol. The lowest BCUT2D eigenvalue weighted by Gasteiger charge is -2.26. The normalized spacial score (nSPS) is 14.8. The van der Waals surface area contributed by atoms with Gasteiger partial charge in [-0.05, 0) is 48.4 Å². The molecular weight excluding hydrogens is 564 g/mol. The first-order chi connectivity index (χ1) is 19.9. The van der Waals surface area contributed by atoms with Gasteiger partial charge in [-0.1, -0.05) is 65.4 Å². The Morgan fingerprint density at radius 1 is 1.02 bits per heavy atom. The zero-order chi connectivity index (χ0) is 29.1. The van der Waals surface area contributed by atoms with Crippen LogP contribution in [0.5, 0.6) is 17.2 Å². The van der Waals surface area contributed by atoms with Gasteiger partial charge in [-0.25, -0.2) is 9.79 Å². The van der Waals surface area contributed by atoms with Gasteiger partial charge in [0.05, 0.1) is 54.8 Å². The maximum absolute atomic E-state index is 14.1. The minimum atomic E-state index is -0.789. The van der Waals surface area contributed by atoms with Crippen molar-refractivity contribution in [2.75, 3.05) is 27.9 Å². The second-order valence-electron chi connectivity index (χ2n) is 8.94. The average Bonchev–Trinajstić information content (AvgIpc) is 3.30. The van der Waals surface area contributed by atoms with Crippen LogP contribution < -0.4 is 29.1 Å². The standard InChI is InChI=1S/C31H27ClN2O6S/c1-5-40-30(36)25-26(19-9-7-6-8-10-19)33-31-34(27(25)20-11-13-21(37-2)14-12-20)29(35)24(41-31)17-18-15-22(32)28(39-4)23(16-18)38-3/h6-17,27H,5H2,1-4H3/b24-17-/t27-/m0/s1. The Kier molecular flexibility index (Phi) is 8.28. The Labute approximate surface area is 245 Å². The van der Waals surface area contributed by atoms with Crippen molar-refractivity contribution in [2.45, 2.75) is 13.0 Å². The number of esters is 1. The molecule has 1 atom stereocenters. The molecule has 0 spiro atoms. The van der Waals surface area contributed by atoms with E-state index in [1.807, 2.05) is 42.5 Å². The Balaban J connectivity index is 1.80.